The number of aryl methyl sites for hydroxylation is 1. The van der Waals surface area contributed by atoms with Crippen molar-refractivity contribution in [1.29, 1.82) is 0 Å². The number of likely N-dealkylation sites (N-methyl/N-ethyl adjacent to an activating group) is 1. The molecule has 1 N–H and O–H groups in total. The van der Waals surface area contributed by atoms with Crippen LogP contribution in [-0.4, -0.2) is 22.0 Å². The van der Waals surface area contributed by atoms with Gasteiger partial charge in [-0.3, -0.25) is 4.98 Å². The number of thiocarbonyl (C=S) groups is 1. The molecule has 3 aromatic rings. The van der Waals surface area contributed by atoms with Gasteiger partial charge >= 0.3 is 0 Å². The highest BCUT2D eigenvalue weighted by Gasteiger charge is 2.39. The average molecular weight is 384 g/mol. The van der Waals surface area contributed by atoms with E-state index in [2.05, 4.69) is 10.3 Å². The van der Waals surface area contributed by atoms with E-state index in [0.29, 0.717) is 5.11 Å². The molecule has 2 aromatic heterocycles. The van der Waals surface area contributed by atoms with Crippen molar-refractivity contribution in [2.75, 3.05) is 7.05 Å². The molecule has 4 nitrogen and oxygen atoms in total. The molecule has 6 heteroatoms. The Kier molecular flexibility index (Phi) is 4.42. The maximum Gasteiger partial charge on any atom is 0.170 e. The fraction of sp³-hybridized carbons (Fsp3) is 0.200. The molecule has 0 radical (unpaired) electrons. The predicted molar refractivity (Wildman–Crippen MR) is 107 cm³/mol. The van der Waals surface area contributed by atoms with Gasteiger partial charge in [0, 0.05) is 23.8 Å². The van der Waals surface area contributed by atoms with Gasteiger partial charge < -0.3 is 14.6 Å². The van der Waals surface area contributed by atoms with Crippen LogP contribution in [0.1, 0.15) is 29.1 Å². The maximum absolute atomic E-state index is 6.26. The fourth-order valence-corrected chi connectivity index (χ4v) is 3.65. The van der Waals surface area contributed by atoms with Crippen molar-refractivity contribution < 1.29 is 4.42 Å². The fourth-order valence-electron chi connectivity index (χ4n) is 3.23. The molecule has 0 saturated carbocycles. The van der Waals surface area contributed by atoms with E-state index in [1.807, 2.05) is 67.4 Å². The average Bonchev–Trinajstić information content (AvgIpc) is 3.24. The molecule has 26 heavy (non-hydrogen) atoms. The van der Waals surface area contributed by atoms with E-state index in [9.17, 15) is 0 Å². The van der Waals surface area contributed by atoms with Gasteiger partial charge in [-0.25, -0.2) is 0 Å². The minimum Gasteiger partial charge on any atom is -0.459 e. The first kappa shape index (κ1) is 17.1. The summed E-state index contributed by atoms with van der Waals surface area (Å²) in [4.78, 5) is 6.50. The summed E-state index contributed by atoms with van der Waals surface area (Å²) in [6.07, 6.45) is 1.79. The van der Waals surface area contributed by atoms with Crippen LogP contribution in [-0.2, 0) is 0 Å². The SMILES string of the molecule is Cc1ccc(-c2ccc([C@@H]3[C@H](c4ccccn4)NC(=S)N3C)o2)cc1Cl. The van der Waals surface area contributed by atoms with Crippen LogP contribution in [0, 0.1) is 6.92 Å². The number of pyridine rings is 1. The Morgan fingerprint density at radius 1 is 1.19 bits per heavy atom. The van der Waals surface area contributed by atoms with Gasteiger partial charge in [-0.15, -0.1) is 0 Å². The van der Waals surface area contributed by atoms with Gasteiger partial charge in [-0.05, 0) is 55.0 Å². The minimum absolute atomic E-state index is 0.0608. The van der Waals surface area contributed by atoms with Gasteiger partial charge in [0.05, 0.1) is 11.7 Å². The van der Waals surface area contributed by atoms with Crippen LogP contribution in [0.2, 0.25) is 5.02 Å². The standard InChI is InChI=1S/C20H18ClN3OS/c1-12-6-7-13(11-14(12)21)16-8-9-17(25-16)19-18(23-20(26)24(19)2)15-5-3-4-10-22-15/h3-11,18-19H,1-2H3,(H,23,26)/t18-,19+/m0/s1. The van der Waals surface area contributed by atoms with E-state index in [-0.39, 0.29) is 12.1 Å². The summed E-state index contributed by atoms with van der Waals surface area (Å²) in [6, 6.07) is 15.7. The van der Waals surface area contributed by atoms with Crippen LogP contribution < -0.4 is 5.32 Å². The first-order valence-corrected chi connectivity index (χ1v) is 9.14. The van der Waals surface area contributed by atoms with Crippen molar-refractivity contribution in [1.82, 2.24) is 15.2 Å². The zero-order valence-electron chi connectivity index (χ0n) is 14.4. The van der Waals surface area contributed by atoms with Crippen LogP contribution in [0.4, 0.5) is 0 Å². The molecule has 1 saturated heterocycles. The lowest BCUT2D eigenvalue weighted by atomic mass is 10.0. The molecule has 0 aliphatic carbocycles. The second-order valence-electron chi connectivity index (χ2n) is 6.40. The lowest BCUT2D eigenvalue weighted by molar-refractivity contribution is 0.310. The van der Waals surface area contributed by atoms with E-state index in [0.717, 1.165) is 33.4 Å². The Bertz CT molecular complexity index is 957. The molecule has 4 rings (SSSR count). The molecule has 1 aromatic carbocycles. The molecule has 1 aliphatic heterocycles. The van der Waals surface area contributed by atoms with Gasteiger partial charge in [-0.2, -0.15) is 0 Å². The molecule has 0 unspecified atom stereocenters. The summed E-state index contributed by atoms with van der Waals surface area (Å²) < 4.78 is 6.19. The first-order chi connectivity index (χ1) is 12.5. The largest absolute Gasteiger partial charge is 0.459 e. The maximum atomic E-state index is 6.26. The summed E-state index contributed by atoms with van der Waals surface area (Å²) in [5, 5.41) is 4.76. The summed E-state index contributed by atoms with van der Waals surface area (Å²) in [6.45, 7) is 1.98. The number of benzene rings is 1. The lowest BCUT2D eigenvalue weighted by Crippen LogP contribution is -2.24. The molecule has 0 bridgehead atoms. The second kappa shape index (κ2) is 6.74. The Hall–Kier alpha value is -2.37. The summed E-state index contributed by atoms with van der Waals surface area (Å²) in [7, 11) is 1.97. The van der Waals surface area contributed by atoms with Crippen molar-refractivity contribution in [3.05, 3.63) is 76.8 Å². The number of nitrogens with zero attached hydrogens (tertiary/aromatic N) is 2. The van der Waals surface area contributed by atoms with E-state index >= 15 is 0 Å². The number of hydrogen-bond acceptors (Lipinski definition) is 3. The van der Waals surface area contributed by atoms with Crippen LogP contribution in [0.3, 0.4) is 0 Å². The molecule has 3 heterocycles. The normalized spacial score (nSPS) is 19.7. The molecule has 1 fully saturated rings. The third-order valence-electron chi connectivity index (χ3n) is 4.71. The van der Waals surface area contributed by atoms with Crippen molar-refractivity contribution in [3.8, 4) is 11.3 Å². The number of halogens is 1. The van der Waals surface area contributed by atoms with Gasteiger partial charge in [-0.1, -0.05) is 29.8 Å². The molecule has 1 aliphatic rings. The molecular formula is C20H18ClN3OS. The summed E-state index contributed by atoms with van der Waals surface area (Å²) in [5.74, 6) is 1.62. The van der Waals surface area contributed by atoms with Gasteiger partial charge in [0.15, 0.2) is 5.11 Å². The first-order valence-electron chi connectivity index (χ1n) is 8.35. The number of aromatic nitrogens is 1. The third-order valence-corrected chi connectivity index (χ3v) is 5.53. The molecule has 2 atom stereocenters. The Morgan fingerprint density at radius 2 is 2.04 bits per heavy atom. The van der Waals surface area contributed by atoms with E-state index in [4.69, 9.17) is 28.2 Å². The van der Waals surface area contributed by atoms with Gasteiger partial charge in [0.1, 0.15) is 17.6 Å². The Balaban J connectivity index is 1.70. The number of nitrogens with one attached hydrogen (secondary N) is 1. The quantitative estimate of drug-likeness (QED) is 0.651. The lowest BCUT2D eigenvalue weighted by Gasteiger charge is -2.21. The minimum atomic E-state index is -0.0629. The van der Waals surface area contributed by atoms with Crippen LogP contribution in [0.15, 0.2) is 59.1 Å². The summed E-state index contributed by atoms with van der Waals surface area (Å²) in [5.41, 5.74) is 2.93. The highest BCUT2D eigenvalue weighted by Crippen LogP contribution is 2.39. The Labute approximate surface area is 162 Å². The molecule has 132 valence electrons. The van der Waals surface area contributed by atoms with Crippen LogP contribution >= 0.6 is 23.8 Å². The number of hydrogen-bond donors (Lipinski definition) is 1. The van der Waals surface area contributed by atoms with E-state index in [1.165, 1.54) is 0 Å². The number of rotatable bonds is 3. The second-order valence-corrected chi connectivity index (χ2v) is 7.20. The highest BCUT2D eigenvalue weighted by atomic mass is 35.5. The molecular weight excluding hydrogens is 366 g/mol. The van der Waals surface area contributed by atoms with Crippen molar-refractivity contribution in [2.45, 2.75) is 19.0 Å². The highest BCUT2D eigenvalue weighted by molar-refractivity contribution is 7.80. The number of furan rings is 1. The van der Waals surface area contributed by atoms with E-state index in [1.54, 1.807) is 6.20 Å². The van der Waals surface area contributed by atoms with Crippen molar-refractivity contribution in [2.24, 2.45) is 0 Å². The Morgan fingerprint density at radius 3 is 2.77 bits per heavy atom. The molecule has 0 amide bonds. The van der Waals surface area contributed by atoms with Crippen LogP contribution in [0.5, 0.6) is 0 Å². The zero-order chi connectivity index (χ0) is 18.3. The van der Waals surface area contributed by atoms with Crippen molar-refractivity contribution >= 4 is 28.9 Å². The third kappa shape index (κ3) is 2.97. The smallest absolute Gasteiger partial charge is 0.170 e. The van der Waals surface area contributed by atoms with Gasteiger partial charge in [0.2, 0.25) is 0 Å². The molecule has 0 spiro atoms. The topological polar surface area (TPSA) is 41.3 Å². The van der Waals surface area contributed by atoms with Crippen molar-refractivity contribution in [3.63, 3.8) is 0 Å². The zero-order valence-corrected chi connectivity index (χ0v) is 16.0. The summed E-state index contributed by atoms with van der Waals surface area (Å²) >= 11 is 11.7. The van der Waals surface area contributed by atoms with Gasteiger partial charge in [0.25, 0.3) is 0 Å². The van der Waals surface area contributed by atoms with Crippen LogP contribution in [0.25, 0.3) is 11.3 Å². The predicted octanol–water partition coefficient (Wildman–Crippen LogP) is 4.91. The van der Waals surface area contributed by atoms with E-state index < -0.39 is 0 Å². The monoisotopic (exact) mass is 383 g/mol.